The number of aromatic nitrogens is 2. The van der Waals surface area contributed by atoms with Crippen molar-refractivity contribution in [3.63, 3.8) is 0 Å². The number of carboxylic acid groups (broad SMARTS) is 1. The highest BCUT2D eigenvalue weighted by Crippen LogP contribution is 2.26. The molecule has 0 saturated carbocycles. The van der Waals surface area contributed by atoms with E-state index < -0.39 is 5.97 Å². The van der Waals surface area contributed by atoms with E-state index in [0.717, 1.165) is 37.3 Å². The number of thiophene rings is 1. The van der Waals surface area contributed by atoms with Gasteiger partial charge in [0.1, 0.15) is 5.82 Å². The summed E-state index contributed by atoms with van der Waals surface area (Å²) in [4.78, 5) is 16.9. The summed E-state index contributed by atoms with van der Waals surface area (Å²) in [5.41, 5.74) is 1.15. The average molecular weight is 276 g/mol. The maximum Gasteiger partial charge on any atom is 0.356 e. The second-order valence-electron chi connectivity index (χ2n) is 5.14. The fourth-order valence-corrected chi connectivity index (χ4v) is 3.37. The van der Waals surface area contributed by atoms with Gasteiger partial charge in [0.25, 0.3) is 0 Å². The van der Waals surface area contributed by atoms with Crippen LogP contribution in [-0.2, 0) is 19.4 Å². The van der Waals surface area contributed by atoms with E-state index >= 15 is 0 Å². The van der Waals surface area contributed by atoms with Gasteiger partial charge in [-0.15, -0.1) is 11.3 Å². The molecule has 1 N–H and O–H groups in total. The Morgan fingerprint density at radius 3 is 3.16 bits per heavy atom. The Balaban J connectivity index is 2.01. The van der Waals surface area contributed by atoms with Crippen molar-refractivity contribution in [1.29, 1.82) is 0 Å². The number of nitrogens with zero attached hydrogens (tertiary/aromatic N) is 2. The molecule has 1 unspecified atom stereocenters. The van der Waals surface area contributed by atoms with E-state index in [9.17, 15) is 9.90 Å². The smallest absolute Gasteiger partial charge is 0.356 e. The van der Waals surface area contributed by atoms with Crippen molar-refractivity contribution < 1.29 is 9.90 Å². The number of hydrogen-bond acceptors (Lipinski definition) is 3. The molecule has 2 aromatic heterocycles. The third-order valence-electron chi connectivity index (χ3n) is 3.63. The Labute approximate surface area is 115 Å². The first-order valence-corrected chi connectivity index (χ1v) is 7.37. The summed E-state index contributed by atoms with van der Waals surface area (Å²) in [6, 6.07) is 4.08. The van der Waals surface area contributed by atoms with E-state index in [1.807, 2.05) is 11.4 Å². The first-order valence-electron chi connectivity index (χ1n) is 6.49. The molecule has 1 aliphatic rings. The molecule has 3 rings (SSSR count). The van der Waals surface area contributed by atoms with Crippen molar-refractivity contribution in [2.45, 2.75) is 32.7 Å². The second-order valence-corrected chi connectivity index (χ2v) is 6.17. The van der Waals surface area contributed by atoms with Crippen molar-refractivity contribution in [3.05, 3.63) is 39.6 Å². The van der Waals surface area contributed by atoms with Gasteiger partial charge >= 0.3 is 5.97 Å². The van der Waals surface area contributed by atoms with E-state index in [2.05, 4.69) is 22.5 Å². The van der Waals surface area contributed by atoms with Crippen LogP contribution in [0.4, 0.5) is 0 Å². The van der Waals surface area contributed by atoms with Gasteiger partial charge in [-0.25, -0.2) is 9.78 Å². The number of aromatic carboxylic acids is 1. The molecule has 0 fully saturated rings. The number of carboxylic acids is 1. The predicted molar refractivity (Wildman–Crippen MR) is 73.8 cm³/mol. The molecule has 0 radical (unpaired) electrons. The maximum absolute atomic E-state index is 11.3. The molecule has 1 atom stereocenters. The fourth-order valence-electron chi connectivity index (χ4n) is 2.67. The third-order valence-corrected chi connectivity index (χ3v) is 4.51. The number of carbonyl (C=O) groups is 1. The first kappa shape index (κ1) is 12.4. The van der Waals surface area contributed by atoms with E-state index in [0.29, 0.717) is 5.92 Å². The van der Waals surface area contributed by atoms with Gasteiger partial charge in [-0.3, -0.25) is 0 Å². The van der Waals surface area contributed by atoms with Crippen molar-refractivity contribution >= 4 is 17.3 Å². The van der Waals surface area contributed by atoms with Crippen LogP contribution in [0.1, 0.15) is 40.2 Å². The number of fused-ring (bicyclic) bond motifs is 1. The fraction of sp³-hybridized carbons (Fsp3) is 0.429. The molecule has 1 aliphatic heterocycles. The molecular formula is C14H16N2O2S. The van der Waals surface area contributed by atoms with Gasteiger partial charge in [0.2, 0.25) is 0 Å². The lowest BCUT2D eigenvalue weighted by molar-refractivity contribution is 0.0689. The van der Waals surface area contributed by atoms with Gasteiger partial charge in [0.05, 0.1) is 5.69 Å². The van der Waals surface area contributed by atoms with Gasteiger partial charge in [0.15, 0.2) is 5.69 Å². The zero-order chi connectivity index (χ0) is 13.4. The first-order chi connectivity index (χ1) is 9.15. The summed E-state index contributed by atoms with van der Waals surface area (Å²) >= 11 is 1.69. The summed E-state index contributed by atoms with van der Waals surface area (Å²) < 4.78 is 2.12. The lowest BCUT2D eigenvalue weighted by atomic mass is 9.99. The van der Waals surface area contributed by atoms with Crippen LogP contribution in [0.25, 0.3) is 0 Å². The van der Waals surface area contributed by atoms with Gasteiger partial charge < -0.3 is 9.67 Å². The lowest BCUT2D eigenvalue weighted by Crippen LogP contribution is -2.20. The van der Waals surface area contributed by atoms with Crippen LogP contribution >= 0.6 is 11.3 Å². The Kier molecular flexibility index (Phi) is 3.14. The standard InChI is InChI=1S/C14H16N2O2S/c1-9-4-5-11-13(14(17)18)15-12(16(11)8-9)7-10-3-2-6-19-10/h2-3,6,9H,4-5,7-8H2,1H3,(H,17,18). The Bertz CT molecular complexity index is 601. The molecular weight excluding hydrogens is 260 g/mol. The van der Waals surface area contributed by atoms with Crippen molar-refractivity contribution in [1.82, 2.24) is 9.55 Å². The molecule has 19 heavy (non-hydrogen) atoms. The van der Waals surface area contributed by atoms with Gasteiger partial charge in [-0.1, -0.05) is 13.0 Å². The second kappa shape index (κ2) is 4.81. The summed E-state index contributed by atoms with van der Waals surface area (Å²) in [5, 5.41) is 11.3. The van der Waals surface area contributed by atoms with E-state index in [4.69, 9.17) is 0 Å². The molecule has 0 amide bonds. The van der Waals surface area contributed by atoms with Crippen molar-refractivity contribution in [2.24, 2.45) is 5.92 Å². The Morgan fingerprint density at radius 1 is 1.63 bits per heavy atom. The van der Waals surface area contributed by atoms with Gasteiger partial charge in [-0.2, -0.15) is 0 Å². The zero-order valence-electron chi connectivity index (χ0n) is 10.8. The molecule has 100 valence electrons. The largest absolute Gasteiger partial charge is 0.476 e. The third kappa shape index (κ3) is 2.30. The molecule has 3 heterocycles. The Hall–Kier alpha value is -1.62. The SMILES string of the molecule is CC1CCc2c(C(=O)O)nc(Cc3cccs3)n2C1. The van der Waals surface area contributed by atoms with Crippen LogP contribution in [0, 0.1) is 5.92 Å². The van der Waals surface area contributed by atoms with Gasteiger partial charge in [0, 0.05) is 17.8 Å². The maximum atomic E-state index is 11.3. The predicted octanol–water partition coefficient (Wildman–Crippen LogP) is 2.82. The highest BCUT2D eigenvalue weighted by molar-refractivity contribution is 7.09. The van der Waals surface area contributed by atoms with Crippen LogP contribution in [0.3, 0.4) is 0 Å². The molecule has 4 nitrogen and oxygen atoms in total. The number of rotatable bonds is 3. The minimum Gasteiger partial charge on any atom is -0.476 e. The Morgan fingerprint density at radius 2 is 2.47 bits per heavy atom. The monoisotopic (exact) mass is 276 g/mol. The van der Waals surface area contributed by atoms with Crippen LogP contribution < -0.4 is 0 Å². The minimum absolute atomic E-state index is 0.249. The van der Waals surface area contributed by atoms with Crippen LogP contribution in [-0.4, -0.2) is 20.6 Å². The number of hydrogen-bond donors (Lipinski definition) is 1. The van der Waals surface area contributed by atoms with E-state index in [-0.39, 0.29) is 5.69 Å². The summed E-state index contributed by atoms with van der Waals surface area (Å²) in [7, 11) is 0. The lowest BCUT2D eigenvalue weighted by Gasteiger charge is -2.22. The zero-order valence-corrected chi connectivity index (χ0v) is 11.6. The summed E-state index contributed by atoms with van der Waals surface area (Å²) in [6.07, 6.45) is 2.59. The molecule has 0 spiro atoms. The minimum atomic E-state index is -0.907. The molecule has 0 saturated heterocycles. The highest BCUT2D eigenvalue weighted by atomic mass is 32.1. The van der Waals surface area contributed by atoms with Crippen LogP contribution in [0.5, 0.6) is 0 Å². The molecule has 0 bridgehead atoms. The van der Waals surface area contributed by atoms with Gasteiger partial charge in [-0.05, 0) is 30.2 Å². The number of imidazole rings is 1. The van der Waals surface area contributed by atoms with Crippen LogP contribution in [0.2, 0.25) is 0 Å². The normalized spacial score (nSPS) is 18.3. The molecule has 2 aromatic rings. The van der Waals surface area contributed by atoms with Crippen LogP contribution in [0.15, 0.2) is 17.5 Å². The quantitative estimate of drug-likeness (QED) is 0.938. The van der Waals surface area contributed by atoms with Crippen molar-refractivity contribution in [2.75, 3.05) is 0 Å². The summed E-state index contributed by atoms with van der Waals surface area (Å²) in [5.74, 6) is 0.572. The molecule has 0 aromatic carbocycles. The molecule has 5 heteroatoms. The van der Waals surface area contributed by atoms with Crippen molar-refractivity contribution in [3.8, 4) is 0 Å². The van der Waals surface area contributed by atoms with E-state index in [1.165, 1.54) is 4.88 Å². The highest BCUT2D eigenvalue weighted by Gasteiger charge is 2.26. The topological polar surface area (TPSA) is 55.1 Å². The van der Waals surface area contributed by atoms with E-state index in [1.54, 1.807) is 11.3 Å². The summed E-state index contributed by atoms with van der Waals surface area (Å²) in [6.45, 7) is 3.09. The molecule has 0 aliphatic carbocycles. The average Bonchev–Trinajstić information content (AvgIpc) is 2.98.